The van der Waals surface area contributed by atoms with Gasteiger partial charge in [-0.1, -0.05) is 20.8 Å². The third kappa shape index (κ3) is 5.24. The van der Waals surface area contributed by atoms with E-state index in [-0.39, 0.29) is 0 Å². The molecule has 1 aromatic heterocycles. The fourth-order valence-electron chi connectivity index (χ4n) is 1.99. The Kier molecular flexibility index (Phi) is 7.04. The van der Waals surface area contributed by atoms with Crippen molar-refractivity contribution in [2.45, 2.75) is 33.7 Å². The van der Waals surface area contributed by atoms with Crippen LogP contribution in [0.3, 0.4) is 0 Å². The standard InChI is InChI=1S/C14H27BrN4/c1-6-12-14(15)13(19(5)17-12)10-18(4)8-7-16-9-11(2)3/h11,16H,6-10H2,1-5H3. The molecule has 0 radical (unpaired) electrons. The third-order valence-corrected chi connectivity index (χ3v) is 4.06. The summed E-state index contributed by atoms with van der Waals surface area (Å²) in [5.74, 6) is 0.712. The van der Waals surface area contributed by atoms with Crippen molar-refractivity contribution < 1.29 is 0 Å². The largest absolute Gasteiger partial charge is 0.315 e. The summed E-state index contributed by atoms with van der Waals surface area (Å²) in [6.45, 7) is 10.7. The van der Waals surface area contributed by atoms with Crippen LogP contribution in [0.2, 0.25) is 0 Å². The summed E-state index contributed by atoms with van der Waals surface area (Å²) in [4.78, 5) is 2.33. The van der Waals surface area contributed by atoms with Crippen LogP contribution in [0.5, 0.6) is 0 Å². The number of aryl methyl sites for hydroxylation is 2. The first-order valence-corrected chi connectivity index (χ1v) is 7.84. The molecule has 0 atom stereocenters. The number of likely N-dealkylation sites (N-methyl/N-ethyl adjacent to an activating group) is 1. The van der Waals surface area contributed by atoms with Gasteiger partial charge in [0.25, 0.3) is 0 Å². The van der Waals surface area contributed by atoms with Crippen molar-refractivity contribution in [1.29, 1.82) is 0 Å². The lowest BCUT2D eigenvalue weighted by Crippen LogP contribution is -2.31. The molecular weight excluding hydrogens is 304 g/mol. The molecule has 19 heavy (non-hydrogen) atoms. The highest BCUT2D eigenvalue weighted by Crippen LogP contribution is 2.22. The Labute approximate surface area is 125 Å². The fourth-order valence-corrected chi connectivity index (χ4v) is 2.73. The van der Waals surface area contributed by atoms with E-state index >= 15 is 0 Å². The van der Waals surface area contributed by atoms with Crippen molar-refractivity contribution in [2.24, 2.45) is 13.0 Å². The van der Waals surface area contributed by atoms with E-state index in [1.165, 1.54) is 10.2 Å². The number of rotatable bonds is 8. The van der Waals surface area contributed by atoms with Gasteiger partial charge in [0.2, 0.25) is 0 Å². The van der Waals surface area contributed by atoms with E-state index in [9.17, 15) is 0 Å². The highest BCUT2D eigenvalue weighted by atomic mass is 79.9. The summed E-state index contributed by atoms with van der Waals surface area (Å²) >= 11 is 3.67. The molecule has 4 nitrogen and oxygen atoms in total. The molecule has 0 aromatic carbocycles. The van der Waals surface area contributed by atoms with Crippen molar-refractivity contribution in [3.63, 3.8) is 0 Å². The van der Waals surface area contributed by atoms with Gasteiger partial charge < -0.3 is 5.32 Å². The van der Waals surface area contributed by atoms with E-state index < -0.39 is 0 Å². The second-order valence-corrected chi connectivity index (χ2v) is 6.31. The second kappa shape index (κ2) is 8.02. The Balaban J connectivity index is 2.44. The molecule has 0 saturated heterocycles. The van der Waals surface area contributed by atoms with Crippen molar-refractivity contribution in [3.05, 3.63) is 15.9 Å². The normalized spacial score (nSPS) is 11.8. The van der Waals surface area contributed by atoms with E-state index in [1.54, 1.807) is 0 Å². The average Bonchev–Trinajstić information content (AvgIpc) is 2.62. The Morgan fingerprint density at radius 3 is 2.63 bits per heavy atom. The van der Waals surface area contributed by atoms with Gasteiger partial charge in [0.05, 0.1) is 15.9 Å². The monoisotopic (exact) mass is 330 g/mol. The molecule has 0 fully saturated rings. The van der Waals surface area contributed by atoms with Crippen LogP contribution in [-0.4, -0.2) is 41.4 Å². The topological polar surface area (TPSA) is 33.1 Å². The summed E-state index contributed by atoms with van der Waals surface area (Å²) in [7, 11) is 4.17. The summed E-state index contributed by atoms with van der Waals surface area (Å²) in [5.41, 5.74) is 2.40. The summed E-state index contributed by atoms with van der Waals surface area (Å²) in [6.07, 6.45) is 0.966. The molecule has 0 spiro atoms. The Hall–Kier alpha value is -0.390. The smallest absolute Gasteiger partial charge is 0.0767 e. The molecule has 1 N–H and O–H groups in total. The Bertz CT molecular complexity index is 387. The molecule has 5 heteroatoms. The lowest BCUT2D eigenvalue weighted by molar-refractivity contribution is 0.312. The van der Waals surface area contributed by atoms with Crippen molar-refractivity contribution in [2.75, 3.05) is 26.7 Å². The first kappa shape index (κ1) is 16.7. The molecule has 0 amide bonds. The van der Waals surface area contributed by atoms with E-state index in [0.29, 0.717) is 5.92 Å². The van der Waals surface area contributed by atoms with Gasteiger partial charge in [0.15, 0.2) is 0 Å². The van der Waals surface area contributed by atoms with Crippen LogP contribution in [0.1, 0.15) is 32.2 Å². The highest BCUT2D eigenvalue weighted by Gasteiger charge is 2.13. The quantitative estimate of drug-likeness (QED) is 0.743. The highest BCUT2D eigenvalue weighted by molar-refractivity contribution is 9.10. The lowest BCUT2D eigenvalue weighted by atomic mass is 10.2. The van der Waals surface area contributed by atoms with Gasteiger partial charge in [-0.2, -0.15) is 5.10 Å². The number of hydrogen-bond donors (Lipinski definition) is 1. The van der Waals surface area contributed by atoms with Gasteiger partial charge in [-0.25, -0.2) is 0 Å². The van der Waals surface area contributed by atoms with E-state index in [2.05, 4.69) is 59.1 Å². The lowest BCUT2D eigenvalue weighted by Gasteiger charge is -2.18. The summed E-state index contributed by atoms with van der Waals surface area (Å²) in [5, 5.41) is 8.00. The van der Waals surface area contributed by atoms with E-state index in [4.69, 9.17) is 0 Å². The number of halogens is 1. The SMILES string of the molecule is CCc1nn(C)c(CN(C)CCNCC(C)C)c1Br. The number of hydrogen-bond acceptors (Lipinski definition) is 3. The zero-order valence-electron chi connectivity index (χ0n) is 12.8. The zero-order chi connectivity index (χ0) is 14.4. The molecular formula is C14H27BrN4. The van der Waals surface area contributed by atoms with Crippen LogP contribution in [0.25, 0.3) is 0 Å². The number of nitrogens with zero attached hydrogens (tertiary/aromatic N) is 3. The van der Waals surface area contributed by atoms with Crippen LogP contribution >= 0.6 is 15.9 Å². The summed E-state index contributed by atoms with van der Waals surface area (Å²) < 4.78 is 3.15. The Morgan fingerprint density at radius 2 is 2.11 bits per heavy atom. The molecule has 0 bridgehead atoms. The minimum atomic E-state index is 0.712. The molecule has 1 heterocycles. The van der Waals surface area contributed by atoms with Crippen molar-refractivity contribution in [1.82, 2.24) is 20.0 Å². The fraction of sp³-hybridized carbons (Fsp3) is 0.786. The zero-order valence-corrected chi connectivity index (χ0v) is 14.4. The first-order chi connectivity index (χ1) is 8.95. The third-order valence-electron chi connectivity index (χ3n) is 3.15. The molecule has 1 rings (SSSR count). The average molecular weight is 331 g/mol. The maximum Gasteiger partial charge on any atom is 0.0767 e. The van der Waals surface area contributed by atoms with Crippen molar-refractivity contribution >= 4 is 15.9 Å². The predicted molar refractivity (Wildman–Crippen MR) is 84.3 cm³/mol. The van der Waals surface area contributed by atoms with Crippen LogP contribution in [-0.2, 0) is 20.0 Å². The number of aromatic nitrogens is 2. The molecule has 0 unspecified atom stereocenters. The molecule has 0 aliphatic rings. The van der Waals surface area contributed by atoms with Gasteiger partial charge in [-0.05, 0) is 41.9 Å². The maximum absolute atomic E-state index is 4.53. The van der Waals surface area contributed by atoms with Crippen LogP contribution in [0, 0.1) is 5.92 Å². The van der Waals surface area contributed by atoms with Crippen LogP contribution < -0.4 is 5.32 Å². The van der Waals surface area contributed by atoms with Crippen LogP contribution in [0.4, 0.5) is 0 Å². The molecule has 0 aliphatic heterocycles. The van der Waals surface area contributed by atoms with Gasteiger partial charge in [0, 0.05) is 26.7 Å². The second-order valence-electron chi connectivity index (χ2n) is 5.52. The van der Waals surface area contributed by atoms with Crippen molar-refractivity contribution in [3.8, 4) is 0 Å². The minimum absolute atomic E-state index is 0.712. The van der Waals surface area contributed by atoms with Gasteiger partial charge >= 0.3 is 0 Å². The van der Waals surface area contributed by atoms with Gasteiger partial charge in [-0.15, -0.1) is 0 Å². The number of nitrogens with one attached hydrogen (secondary N) is 1. The molecule has 0 aliphatic carbocycles. The van der Waals surface area contributed by atoms with Crippen LogP contribution in [0.15, 0.2) is 4.47 Å². The van der Waals surface area contributed by atoms with Gasteiger partial charge in [-0.3, -0.25) is 9.58 Å². The van der Waals surface area contributed by atoms with E-state index in [0.717, 1.165) is 38.3 Å². The predicted octanol–water partition coefficient (Wildman–Crippen LogP) is 2.42. The first-order valence-electron chi connectivity index (χ1n) is 7.05. The molecule has 0 saturated carbocycles. The van der Waals surface area contributed by atoms with E-state index in [1.807, 2.05) is 11.7 Å². The van der Waals surface area contributed by atoms with Gasteiger partial charge in [0.1, 0.15) is 0 Å². The Morgan fingerprint density at radius 1 is 1.42 bits per heavy atom. The molecule has 110 valence electrons. The maximum atomic E-state index is 4.53. The minimum Gasteiger partial charge on any atom is -0.315 e. The molecule has 1 aromatic rings. The summed E-state index contributed by atoms with van der Waals surface area (Å²) in [6, 6.07) is 0.